The van der Waals surface area contributed by atoms with E-state index in [9.17, 15) is 0 Å². The molecular formula is C24H30N4O. The molecule has 2 heterocycles. The average molecular weight is 391 g/mol. The summed E-state index contributed by atoms with van der Waals surface area (Å²) in [6.07, 6.45) is 4.50. The van der Waals surface area contributed by atoms with Crippen molar-refractivity contribution in [3.63, 3.8) is 0 Å². The van der Waals surface area contributed by atoms with Gasteiger partial charge in [0.15, 0.2) is 0 Å². The third-order valence-electron chi connectivity index (χ3n) is 5.76. The van der Waals surface area contributed by atoms with E-state index in [1.807, 2.05) is 6.20 Å². The number of ether oxygens (including phenoxy) is 1. The summed E-state index contributed by atoms with van der Waals surface area (Å²) in [6, 6.07) is 17.4. The van der Waals surface area contributed by atoms with Gasteiger partial charge in [-0.2, -0.15) is 5.10 Å². The number of nitrogens with zero attached hydrogens (tertiary/aromatic N) is 2. The van der Waals surface area contributed by atoms with Crippen molar-refractivity contribution in [3.05, 3.63) is 71.4 Å². The molecule has 1 aliphatic heterocycles. The minimum absolute atomic E-state index is 0.373. The minimum Gasteiger partial charge on any atom is -0.497 e. The number of nitrogens with one attached hydrogen (secondary N) is 2. The Hall–Kier alpha value is -2.63. The molecule has 2 N–H and O–H groups in total. The first-order chi connectivity index (χ1) is 14.2. The Kier molecular flexibility index (Phi) is 6.27. The molecule has 1 fully saturated rings. The maximum Gasteiger partial charge on any atom is 0.118 e. The van der Waals surface area contributed by atoms with Crippen molar-refractivity contribution in [1.29, 1.82) is 0 Å². The van der Waals surface area contributed by atoms with Crippen molar-refractivity contribution >= 4 is 0 Å². The van der Waals surface area contributed by atoms with Gasteiger partial charge in [-0.05, 0) is 56.6 Å². The van der Waals surface area contributed by atoms with Crippen molar-refractivity contribution in [2.75, 3.05) is 26.7 Å². The molecule has 0 bridgehead atoms. The summed E-state index contributed by atoms with van der Waals surface area (Å²) in [7, 11) is 1.71. The molecule has 0 amide bonds. The van der Waals surface area contributed by atoms with Gasteiger partial charge in [0.25, 0.3) is 0 Å². The van der Waals surface area contributed by atoms with Crippen LogP contribution in [0.25, 0.3) is 11.3 Å². The van der Waals surface area contributed by atoms with Gasteiger partial charge >= 0.3 is 0 Å². The lowest BCUT2D eigenvalue weighted by atomic mass is 10.0. The molecule has 1 unspecified atom stereocenters. The van der Waals surface area contributed by atoms with Crippen LogP contribution in [0.4, 0.5) is 0 Å². The van der Waals surface area contributed by atoms with E-state index >= 15 is 0 Å². The molecule has 0 aliphatic carbocycles. The SMILES string of the molecule is COc1ccc(C(CNCc2cn[nH]c2-c2cccc(C)c2)N2CCCC2)cc1. The van der Waals surface area contributed by atoms with Crippen LogP contribution in [0.5, 0.6) is 5.75 Å². The number of methoxy groups -OCH3 is 1. The van der Waals surface area contributed by atoms with Crippen molar-refractivity contribution < 1.29 is 4.74 Å². The topological polar surface area (TPSA) is 53.2 Å². The lowest BCUT2D eigenvalue weighted by Crippen LogP contribution is -2.34. The van der Waals surface area contributed by atoms with Crippen molar-refractivity contribution in [2.24, 2.45) is 0 Å². The summed E-state index contributed by atoms with van der Waals surface area (Å²) in [5.41, 5.74) is 6.08. The Morgan fingerprint density at radius 1 is 1.14 bits per heavy atom. The number of H-pyrrole nitrogens is 1. The fraction of sp³-hybridized carbons (Fsp3) is 0.375. The lowest BCUT2D eigenvalue weighted by molar-refractivity contribution is 0.238. The van der Waals surface area contributed by atoms with Gasteiger partial charge in [-0.3, -0.25) is 10.00 Å². The van der Waals surface area contributed by atoms with Gasteiger partial charge in [0.1, 0.15) is 5.75 Å². The smallest absolute Gasteiger partial charge is 0.118 e. The maximum absolute atomic E-state index is 5.33. The Bertz CT molecular complexity index is 913. The normalized spacial score (nSPS) is 15.5. The minimum atomic E-state index is 0.373. The second kappa shape index (κ2) is 9.25. The monoisotopic (exact) mass is 390 g/mol. The van der Waals surface area contributed by atoms with Crippen LogP contribution >= 0.6 is 0 Å². The summed E-state index contributed by atoms with van der Waals surface area (Å²) in [5, 5.41) is 11.1. The first-order valence-electron chi connectivity index (χ1n) is 10.4. The molecule has 1 saturated heterocycles. The predicted molar refractivity (Wildman–Crippen MR) is 117 cm³/mol. The number of aromatic nitrogens is 2. The van der Waals surface area contributed by atoms with Crippen LogP contribution < -0.4 is 10.1 Å². The number of benzene rings is 2. The third kappa shape index (κ3) is 4.69. The fourth-order valence-corrected chi connectivity index (χ4v) is 4.18. The van der Waals surface area contributed by atoms with E-state index < -0.39 is 0 Å². The van der Waals surface area contributed by atoms with Gasteiger partial charge in [-0.25, -0.2) is 0 Å². The zero-order valence-corrected chi connectivity index (χ0v) is 17.3. The van der Waals surface area contributed by atoms with E-state index in [2.05, 4.69) is 75.9 Å². The Labute approximate surface area is 173 Å². The Balaban J connectivity index is 1.45. The van der Waals surface area contributed by atoms with Gasteiger partial charge in [-0.1, -0.05) is 35.9 Å². The molecule has 2 aromatic carbocycles. The maximum atomic E-state index is 5.33. The van der Waals surface area contributed by atoms with Crippen LogP contribution in [0.15, 0.2) is 54.7 Å². The Morgan fingerprint density at radius 2 is 1.93 bits per heavy atom. The predicted octanol–water partition coefficient (Wildman–Crippen LogP) is 4.32. The summed E-state index contributed by atoms with van der Waals surface area (Å²) in [4.78, 5) is 2.59. The first kappa shape index (κ1) is 19.7. The molecule has 0 spiro atoms. The number of rotatable bonds is 8. The van der Waals surface area contributed by atoms with Crippen LogP contribution in [0.1, 0.15) is 35.6 Å². The molecule has 29 heavy (non-hydrogen) atoms. The van der Waals surface area contributed by atoms with Crippen LogP contribution in [-0.4, -0.2) is 41.8 Å². The van der Waals surface area contributed by atoms with Crippen LogP contribution in [0.3, 0.4) is 0 Å². The molecule has 152 valence electrons. The zero-order valence-electron chi connectivity index (χ0n) is 17.3. The molecule has 5 heteroatoms. The standard InChI is InChI=1S/C24H30N4O/c1-18-6-5-7-20(14-18)24-21(16-26-27-24)15-25-17-23(28-12-3-4-13-28)19-8-10-22(29-2)11-9-19/h5-11,14,16,23,25H,3-4,12-13,15,17H2,1-2H3,(H,26,27). The Morgan fingerprint density at radius 3 is 2.66 bits per heavy atom. The number of hydrogen-bond donors (Lipinski definition) is 2. The van der Waals surface area contributed by atoms with Gasteiger partial charge in [0.05, 0.1) is 19.0 Å². The van der Waals surface area contributed by atoms with E-state index in [-0.39, 0.29) is 0 Å². The number of hydrogen-bond acceptors (Lipinski definition) is 4. The molecule has 1 aliphatic rings. The molecule has 0 saturated carbocycles. The number of aromatic amines is 1. The highest BCUT2D eigenvalue weighted by Crippen LogP contribution is 2.27. The highest BCUT2D eigenvalue weighted by Gasteiger charge is 2.23. The van der Waals surface area contributed by atoms with Gasteiger partial charge in [0, 0.05) is 30.3 Å². The highest BCUT2D eigenvalue weighted by molar-refractivity contribution is 5.63. The number of likely N-dealkylation sites (tertiary alicyclic amines) is 1. The summed E-state index contributed by atoms with van der Waals surface area (Å²) < 4.78 is 5.33. The molecule has 0 radical (unpaired) electrons. The largest absolute Gasteiger partial charge is 0.497 e. The molecule has 4 rings (SSSR count). The summed E-state index contributed by atoms with van der Waals surface area (Å²) in [5.74, 6) is 0.906. The number of aryl methyl sites for hydroxylation is 1. The van der Waals surface area contributed by atoms with Crippen LogP contribution in [0, 0.1) is 6.92 Å². The third-order valence-corrected chi connectivity index (χ3v) is 5.76. The molecule has 5 nitrogen and oxygen atoms in total. The fourth-order valence-electron chi connectivity index (χ4n) is 4.18. The molecule has 1 aromatic heterocycles. The second-order valence-electron chi connectivity index (χ2n) is 7.80. The van der Waals surface area contributed by atoms with Crippen LogP contribution in [0.2, 0.25) is 0 Å². The molecule has 3 aromatic rings. The first-order valence-corrected chi connectivity index (χ1v) is 10.4. The van der Waals surface area contributed by atoms with Crippen molar-refractivity contribution in [1.82, 2.24) is 20.4 Å². The van der Waals surface area contributed by atoms with Crippen molar-refractivity contribution in [2.45, 2.75) is 32.4 Å². The van der Waals surface area contributed by atoms with E-state index in [1.165, 1.54) is 48.2 Å². The van der Waals surface area contributed by atoms with Gasteiger partial charge < -0.3 is 10.1 Å². The summed E-state index contributed by atoms with van der Waals surface area (Å²) >= 11 is 0. The highest BCUT2D eigenvalue weighted by atomic mass is 16.5. The molecular weight excluding hydrogens is 360 g/mol. The van der Waals surface area contributed by atoms with E-state index in [1.54, 1.807) is 7.11 Å². The molecule has 1 atom stereocenters. The second-order valence-corrected chi connectivity index (χ2v) is 7.80. The van der Waals surface area contributed by atoms with E-state index in [0.717, 1.165) is 24.5 Å². The van der Waals surface area contributed by atoms with Gasteiger partial charge in [0.2, 0.25) is 0 Å². The zero-order chi connectivity index (χ0) is 20.1. The summed E-state index contributed by atoms with van der Waals surface area (Å²) in [6.45, 7) is 6.15. The van der Waals surface area contributed by atoms with E-state index in [4.69, 9.17) is 4.74 Å². The van der Waals surface area contributed by atoms with Crippen molar-refractivity contribution in [3.8, 4) is 17.0 Å². The van der Waals surface area contributed by atoms with Crippen LogP contribution in [-0.2, 0) is 6.54 Å². The quantitative estimate of drug-likeness (QED) is 0.601. The van der Waals surface area contributed by atoms with Gasteiger partial charge in [-0.15, -0.1) is 0 Å². The lowest BCUT2D eigenvalue weighted by Gasteiger charge is -2.28. The van der Waals surface area contributed by atoms with E-state index in [0.29, 0.717) is 6.04 Å². The average Bonchev–Trinajstić information content (AvgIpc) is 3.44.